The maximum atomic E-state index is 6.16. The summed E-state index contributed by atoms with van der Waals surface area (Å²) >= 11 is 0. The van der Waals surface area contributed by atoms with Crippen LogP contribution in [0.15, 0.2) is 6.20 Å². The highest BCUT2D eigenvalue weighted by Crippen LogP contribution is 2.28. The predicted octanol–water partition coefficient (Wildman–Crippen LogP) is 1.29. The first-order valence-corrected chi connectivity index (χ1v) is 6.35. The summed E-state index contributed by atoms with van der Waals surface area (Å²) in [6, 6.07) is 0.328. The summed E-state index contributed by atoms with van der Waals surface area (Å²) in [5.74, 6) is 0. The van der Waals surface area contributed by atoms with E-state index in [0.717, 1.165) is 26.1 Å². The van der Waals surface area contributed by atoms with Gasteiger partial charge in [0.2, 0.25) is 0 Å². The van der Waals surface area contributed by atoms with Gasteiger partial charge in [-0.15, -0.1) is 0 Å². The smallest absolute Gasteiger partial charge is 0.0537 e. The van der Waals surface area contributed by atoms with Gasteiger partial charge in [-0.3, -0.25) is 9.58 Å². The summed E-state index contributed by atoms with van der Waals surface area (Å²) < 4.78 is 1.94. The van der Waals surface area contributed by atoms with Gasteiger partial charge in [0.15, 0.2) is 0 Å². The van der Waals surface area contributed by atoms with Crippen molar-refractivity contribution in [2.75, 3.05) is 13.1 Å². The molecule has 1 atom stereocenters. The van der Waals surface area contributed by atoms with Gasteiger partial charge in [-0.1, -0.05) is 13.8 Å². The largest absolute Gasteiger partial charge is 0.327 e. The topological polar surface area (TPSA) is 47.1 Å². The molecular formula is C13H24N4. The van der Waals surface area contributed by atoms with Crippen LogP contribution in [0.25, 0.3) is 0 Å². The SMILES string of the molecule is Cc1c(CN2CCC(N)C(C)(C)C2)cnn1C. The number of hydrogen-bond donors (Lipinski definition) is 1. The molecule has 96 valence electrons. The number of rotatable bonds is 2. The standard InChI is InChI=1S/C13H24N4/c1-10-11(7-15-16(10)4)8-17-6-5-12(14)13(2,3)9-17/h7,12H,5-6,8-9,14H2,1-4H3. The molecule has 0 amide bonds. The lowest BCUT2D eigenvalue weighted by Crippen LogP contribution is -2.52. The molecule has 0 saturated carbocycles. The quantitative estimate of drug-likeness (QED) is 0.841. The fourth-order valence-corrected chi connectivity index (χ4v) is 2.56. The van der Waals surface area contributed by atoms with Gasteiger partial charge in [0.1, 0.15) is 0 Å². The lowest BCUT2D eigenvalue weighted by Gasteiger charge is -2.42. The highest BCUT2D eigenvalue weighted by molar-refractivity contribution is 5.15. The normalized spacial score (nSPS) is 25.1. The summed E-state index contributed by atoms with van der Waals surface area (Å²) in [6.45, 7) is 9.82. The molecule has 1 aliphatic heterocycles. The minimum atomic E-state index is 0.217. The molecule has 0 aromatic carbocycles. The molecule has 1 fully saturated rings. The highest BCUT2D eigenvalue weighted by atomic mass is 15.3. The van der Waals surface area contributed by atoms with Crippen LogP contribution in [0.1, 0.15) is 31.5 Å². The number of piperidine rings is 1. The first-order chi connectivity index (χ1) is 7.90. The molecule has 4 nitrogen and oxygen atoms in total. The monoisotopic (exact) mass is 236 g/mol. The van der Waals surface area contributed by atoms with Crippen molar-refractivity contribution in [2.24, 2.45) is 18.2 Å². The molecule has 0 radical (unpaired) electrons. The lowest BCUT2D eigenvalue weighted by atomic mass is 9.79. The van der Waals surface area contributed by atoms with Crippen molar-refractivity contribution in [1.82, 2.24) is 14.7 Å². The average molecular weight is 236 g/mol. The fourth-order valence-electron chi connectivity index (χ4n) is 2.56. The van der Waals surface area contributed by atoms with Crippen molar-refractivity contribution in [2.45, 2.75) is 39.8 Å². The zero-order chi connectivity index (χ0) is 12.6. The van der Waals surface area contributed by atoms with Crippen LogP contribution >= 0.6 is 0 Å². The van der Waals surface area contributed by atoms with Crippen molar-refractivity contribution in [3.63, 3.8) is 0 Å². The first kappa shape index (κ1) is 12.6. The second-order valence-corrected chi connectivity index (χ2v) is 5.97. The van der Waals surface area contributed by atoms with Crippen LogP contribution in [-0.4, -0.2) is 33.8 Å². The predicted molar refractivity (Wildman–Crippen MR) is 69.6 cm³/mol. The summed E-state index contributed by atoms with van der Waals surface area (Å²) in [5.41, 5.74) is 8.97. The third-order valence-electron chi connectivity index (χ3n) is 4.12. The Morgan fingerprint density at radius 1 is 1.53 bits per heavy atom. The second-order valence-electron chi connectivity index (χ2n) is 5.97. The van der Waals surface area contributed by atoms with Gasteiger partial charge in [-0.2, -0.15) is 5.10 Å². The number of hydrogen-bond acceptors (Lipinski definition) is 3. The van der Waals surface area contributed by atoms with Crippen molar-refractivity contribution >= 4 is 0 Å². The van der Waals surface area contributed by atoms with Gasteiger partial charge in [-0.25, -0.2) is 0 Å². The molecule has 2 rings (SSSR count). The van der Waals surface area contributed by atoms with Crippen molar-refractivity contribution in [1.29, 1.82) is 0 Å². The van der Waals surface area contributed by atoms with Gasteiger partial charge in [0.25, 0.3) is 0 Å². The minimum absolute atomic E-state index is 0.217. The van der Waals surface area contributed by atoms with Crippen LogP contribution in [0, 0.1) is 12.3 Å². The second kappa shape index (κ2) is 4.42. The van der Waals surface area contributed by atoms with E-state index in [1.54, 1.807) is 0 Å². The molecule has 0 spiro atoms. The number of nitrogens with two attached hydrogens (primary N) is 1. The zero-order valence-corrected chi connectivity index (χ0v) is 11.4. The lowest BCUT2D eigenvalue weighted by molar-refractivity contribution is 0.0897. The Kier molecular flexibility index (Phi) is 3.27. The summed E-state index contributed by atoms with van der Waals surface area (Å²) in [4.78, 5) is 2.49. The molecule has 2 heterocycles. The van der Waals surface area contributed by atoms with E-state index in [0.29, 0.717) is 6.04 Å². The Hall–Kier alpha value is -0.870. The molecule has 0 aliphatic carbocycles. The van der Waals surface area contributed by atoms with Crippen molar-refractivity contribution in [3.8, 4) is 0 Å². The molecule has 1 aliphatic rings. The van der Waals surface area contributed by atoms with Gasteiger partial charge in [0.05, 0.1) is 6.20 Å². The van der Waals surface area contributed by atoms with E-state index in [4.69, 9.17) is 5.73 Å². The zero-order valence-electron chi connectivity index (χ0n) is 11.4. The van der Waals surface area contributed by atoms with Crippen LogP contribution < -0.4 is 5.73 Å². The number of aromatic nitrogens is 2. The fraction of sp³-hybridized carbons (Fsp3) is 0.769. The van der Waals surface area contributed by atoms with E-state index >= 15 is 0 Å². The van der Waals surface area contributed by atoms with E-state index in [1.165, 1.54) is 11.3 Å². The van der Waals surface area contributed by atoms with Crippen molar-refractivity contribution in [3.05, 3.63) is 17.5 Å². The first-order valence-electron chi connectivity index (χ1n) is 6.35. The minimum Gasteiger partial charge on any atom is -0.327 e. The highest BCUT2D eigenvalue weighted by Gasteiger charge is 2.33. The third kappa shape index (κ3) is 2.53. The molecular weight excluding hydrogens is 212 g/mol. The number of nitrogens with zero attached hydrogens (tertiary/aromatic N) is 3. The number of aryl methyl sites for hydroxylation is 1. The molecule has 4 heteroatoms. The molecule has 1 unspecified atom stereocenters. The van der Waals surface area contributed by atoms with E-state index in [2.05, 4.69) is 30.8 Å². The van der Waals surface area contributed by atoms with E-state index in [9.17, 15) is 0 Å². The molecule has 1 aromatic heterocycles. The van der Waals surface area contributed by atoms with Crippen LogP contribution in [0.2, 0.25) is 0 Å². The van der Waals surface area contributed by atoms with E-state index < -0.39 is 0 Å². The van der Waals surface area contributed by atoms with Gasteiger partial charge in [0, 0.05) is 44.0 Å². The molecule has 17 heavy (non-hydrogen) atoms. The van der Waals surface area contributed by atoms with Gasteiger partial charge < -0.3 is 5.73 Å². The summed E-state index contributed by atoms with van der Waals surface area (Å²) in [6.07, 6.45) is 3.07. The Morgan fingerprint density at radius 3 is 2.76 bits per heavy atom. The Bertz CT molecular complexity index is 394. The maximum Gasteiger partial charge on any atom is 0.0537 e. The molecule has 2 N–H and O–H groups in total. The van der Waals surface area contributed by atoms with Crippen LogP contribution in [0.3, 0.4) is 0 Å². The summed E-state index contributed by atoms with van der Waals surface area (Å²) in [7, 11) is 1.99. The van der Waals surface area contributed by atoms with E-state index in [1.807, 2.05) is 17.9 Å². The maximum absolute atomic E-state index is 6.16. The van der Waals surface area contributed by atoms with Gasteiger partial charge >= 0.3 is 0 Å². The molecule has 1 aromatic rings. The van der Waals surface area contributed by atoms with E-state index in [-0.39, 0.29) is 5.41 Å². The summed E-state index contributed by atoms with van der Waals surface area (Å²) in [5, 5.41) is 4.30. The number of likely N-dealkylation sites (tertiary alicyclic amines) is 1. The van der Waals surface area contributed by atoms with Crippen molar-refractivity contribution < 1.29 is 0 Å². The average Bonchev–Trinajstić information content (AvgIpc) is 2.55. The molecule has 1 saturated heterocycles. The van der Waals surface area contributed by atoms with Crippen LogP contribution in [0.5, 0.6) is 0 Å². The Balaban J connectivity index is 2.03. The Morgan fingerprint density at radius 2 is 2.24 bits per heavy atom. The Labute approximate surface area is 104 Å². The van der Waals surface area contributed by atoms with Gasteiger partial charge in [-0.05, 0) is 18.8 Å². The van der Waals surface area contributed by atoms with Crippen LogP contribution in [-0.2, 0) is 13.6 Å². The molecule has 0 bridgehead atoms. The van der Waals surface area contributed by atoms with Crippen LogP contribution in [0.4, 0.5) is 0 Å². The third-order valence-corrected chi connectivity index (χ3v) is 4.12.